The minimum Gasteiger partial charge on any atom is -0.334 e. The molecule has 6 nitrogen and oxygen atoms in total. The van der Waals surface area contributed by atoms with E-state index in [-0.39, 0.29) is 17.0 Å². The van der Waals surface area contributed by atoms with Gasteiger partial charge in [0, 0.05) is 6.54 Å². The highest BCUT2D eigenvalue weighted by molar-refractivity contribution is 7.89. The van der Waals surface area contributed by atoms with E-state index in [4.69, 9.17) is 0 Å². The molecule has 0 saturated heterocycles. The Morgan fingerprint density at radius 3 is 2.61 bits per heavy atom. The molecule has 0 bridgehead atoms. The van der Waals surface area contributed by atoms with Gasteiger partial charge in [-0.25, -0.2) is 17.5 Å². The van der Waals surface area contributed by atoms with E-state index in [0.717, 1.165) is 31.0 Å². The van der Waals surface area contributed by atoms with Crippen LogP contribution in [0.4, 0.5) is 4.39 Å². The molecule has 1 aliphatic rings. The van der Waals surface area contributed by atoms with Gasteiger partial charge in [0.1, 0.15) is 11.4 Å². The van der Waals surface area contributed by atoms with E-state index in [1.807, 2.05) is 0 Å². The molecule has 0 radical (unpaired) electrons. The molecule has 0 aliphatic heterocycles. The molecule has 1 aromatic rings. The molecule has 2 N–H and O–H groups in total. The second-order valence-electron chi connectivity index (χ2n) is 5.50. The minimum absolute atomic E-state index is 0.179. The molecular weight excluding hydrogens is 321 g/mol. The first kappa shape index (κ1) is 17.4. The third-order valence-corrected chi connectivity index (χ3v) is 5.39. The molecule has 1 fully saturated rings. The van der Waals surface area contributed by atoms with Gasteiger partial charge in [0.15, 0.2) is 0 Å². The van der Waals surface area contributed by atoms with Crippen LogP contribution >= 0.6 is 0 Å². The highest BCUT2D eigenvalue weighted by Crippen LogP contribution is 2.29. The third-order valence-electron chi connectivity index (χ3n) is 3.85. The van der Waals surface area contributed by atoms with Crippen molar-refractivity contribution in [3.8, 4) is 6.07 Å². The van der Waals surface area contributed by atoms with Crippen LogP contribution in [0.15, 0.2) is 23.1 Å². The molecular formula is C15H18FN3O3S. The van der Waals surface area contributed by atoms with Crippen LogP contribution in [0.2, 0.25) is 0 Å². The third kappa shape index (κ3) is 3.68. The van der Waals surface area contributed by atoms with Crippen LogP contribution in [0.25, 0.3) is 0 Å². The van der Waals surface area contributed by atoms with Crippen molar-refractivity contribution in [3.05, 3.63) is 29.6 Å². The van der Waals surface area contributed by atoms with Crippen molar-refractivity contribution >= 4 is 15.9 Å². The summed E-state index contributed by atoms with van der Waals surface area (Å²) in [5, 5.41) is 11.8. The zero-order valence-corrected chi connectivity index (χ0v) is 13.5. The number of rotatable bonds is 5. The van der Waals surface area contributed by atoms with E-state index >= 15 is 0 Å². The highest BCUT2D eigenvalue weighted by atomic mass is 32.2. The largest absolute Gasteiger partial charge is 0.334 e. The number of carbonyl (C=O) groups excluding carboxylic acids is 1. The average molecular weight is 339 g/mol. The maximum Gasteiger partial charge on any atom is 0.255 e. The molecule has 8 heteroatoms. The number of halogens is 1. The topological polar surface area (TPSA) is 99.1 Å². The standard InChI is InChI=1S/C15H18FN3O3S/c1-2-18-23(21,22)11-5-6-13(16)12(9-11)14(20)19-15(10-17)7-3-4-8-15/h5-6,9,18H,2-4,7-8H2,1H3,(H,19,20). The van der Waals surface area contributed by atoms with Crippen molar-refractivity contribution in [2.75, 3.05) is 6.54 Å². The molecule has 2 rings (SSSR count). The van der Waals surface area contributed by atoms with Gasteiger partial charge in [-0.3, -0.25) is 4.79 Å². The lowest BCUT2D eigenvalue weighted by atomic mass is 9.99. The Bertz CT molecular complexity index is 750. The van der Waals surface area contributed by atoms with Gasteiger partial charge in [0.2, 0.25) is 10.0 Å². The van der Waals surface area contributed by atoms with E-state index < -0.39 is 27.3 Å². The van der Waals surface area contributed by atoms with Crippen LogP contribution in [-0.4, -0.2) is 26.4 Å². The maximum atomic E-state index is 13.9. The maximum absolute atomic E-state index is 13.9. The fourth-order valence-corrected chi connectivity index (χ4v) is 3.71. The summed E-state index contributed by atoms with van der Waals surface area (Å²) < 4.78 is 40.1. The lowest BCUT2D eigenvalue weighted by Crippen LogP contribution is -2.45. The van der Waals surface area contributed by atoms with Crippen LogP contribution in [0.5, 0.6) is 0 Å². The zero-order chi connectivity index (χ0) is 17.1. The lowest BCUT2D eigenvalue weighted by Gasteiger charge is -2.22. The summed E-state index contributed by atoms with van der Waals surface area (Å²) in [5.74, 6) is -1.61. The van der Waals surface area contributed by atoms with Gasteiger partial charge in [0.05, 0.1) is 16.5 Å². The Kier molecular flexibility index (Phi) is 5.02. The highest BCUT2D eigenvalue weighted by Gasteiger charge is 2.36. The number of carbonyl (C=O) groups is 1. The Hall–Kier alpha value is -1.98. The predicted molar refractivity (Wildman–Crippen MR) is 81.5 cm³/mol. The van der Waals surface area contributed by atoms with Crippen LogP contribution in [0.1, 0.15) is 43.0 Å². The molecule has 0 atom stereocenters. The van der Waals surface area contributed by atoms with Crippen molar-refractivity contribution in [1.82, 2.24) is 10.0 Å². The minimum atomic E-state index is -3.79. The first-order valence-corrected chi connectivity index (χ1v) is 8.85. The SMILES string of the molecule is CCNS(=O)(=O)c1ccc(F)c(C(=O)NC2(C#N)CCCC2)c1. The first-order valence-electron chi connectivity index (χ1n) is 7.36. The van der Waals surface area contributed by atoms with Gasteiger partial charge in [0.25, 0.3) is 5.91 Å². The van der Waals surface area contributed by atoms with Crippen LogP contribution in [0, 0.1) is 17.1 Å². The van der Waals surface area contributed by atoms with Crippen molar-refractivity contribution < 1.29 is 17.6 Å². The predicted octanol–water partition coefficient (Wildman–Crippen LogP) is 1.69. The summed E-state index contributed by atoms with van der Waals surface area (Å²) in [7, 11) is -3.79. The van der Waals surface area contributed by atoms with Gasteiger partial charge in [-0.2, -0.15) is 5.26 Å². The molecule has 1 saturated carbocycles. The second-order valence-corrected chi connectivity index (χ2v) is 7.27. The summed E-state index contributed by atoms with van der Waals surface area (Å²) >= 11 is 0. The van der Waals surface area contributed by atoms with Gasteiger partial charge >= 0.3 is 0 Å². The Morgan fingerprint density at radius 1 is 1.39 bits per heavy atom. The smallest absolute Gasteiger partial charge is 0.255 e. The van der Waals surface area contributed by atoms with Crippen LogP contribution < -0.4 is 10.0 Å². The number of nitrogens with zero attached hydrogens (tertiary/aromatic N) is 1. The van der Waals surface area contributed by atoms with Crippen molar-refractivity contribution in [1.29, 1.82) is 5.26 Å². The number of hydrogen-bond acceptors (Lipinski definition) is 4. The van der Waals surface area contributed by atoms with E-state index in [1.54, 1.807) is 6.92 Å². The Balaban J connectivity index is 2.32. The number of nitriles is 1. The van der Waals surface area contributed by atoms with Gasteiger partial charge < -0.3 is 5.32 Å². The summed E-state index contributed by atoms with van der Waals surface area (Å²) in [5.41, 5.74) is -1.38. The molecule has 0 unspecified atom stereocenters. The van der Waals surface area contributed by atoms with Gasteiger partial charge in [-0.1, -0.05) is 6.92 Å². The monoisotopic (exact) mass is 339 g/mol. The van der Waals surface area contributed by atoms with Crippen LogP contribution in [-0.2, 0) is 10.0 Å². The zero-order valence-electron chi connectivity index (χ0n) is 12.7. The molecule has 1 aromatic carbocycles. The summed E-state index contributed by atoms with van der Waals surface area (Å²) in [6, 6.07) is 5.10. The van der Waals surface area contributed by atoms with Crippen LogP contribution in [0.3, 0.4) is 0 Å². The van der Waals surface area contributed by atoms with Crippen molar-refractivity contribution in [3.63, 3.8) is 0 Å². The fourth-order valence-electron chi connectivity index (χ4n) is 2.65. The average Bonchev–Trinajstić information content (AvgIpc) is 2.96. The van der Waals surface area contributed by atoms with E-state index in [2.05, 4.69) is 16.1 Å². The molecule has 0 spiro atoms. The Morgan fingerprint density at radius 2 is 2.04 bits per heavy atom. The Labute approximate surface area is 134 Å². The fraction of sp³-hybridized carbons (Fsp3) is 0.467. The van der Waals surface area contributed by atoms with Gasteiger partial charge in [-0.15, -0.1) is 0 Å². The number of hydrogen-bond donors (Lipinski definition) is 2. The molecule has 124 valence electrons. The molecule has 23 heavy (non-hydrogen) atoms. The van der Waals surface area contributed by atoms with Crippen molar-refractivity contribution in [2.24, 2.45) is 0 Å². The first-order chi connectivity index (χ1) is 10.8. The molecule has 1 aliphatic carbocycles. The number of amides is 1. The summed E-state index contributed by atoms with van der Waals surface area (Å²) in [4.78, 5) is 12.1. The molecule has 0 heterocycles. The summed E-state index contributed by atoms with van der Waals surface area (Å²) in [6.07, 6.45) is 2.63. The number of benzene rings is 1. The van der Waals surface area contributed by atoms with Gasteiger partial charge in [-0.05, 0) is 43.9 Å². The molecule has 0 aromatic heterocycles. The van der Waals surface area contributed by atoms with E-state index in [0.29, 0.717) is 12.8 Å². The number of sulfonamides is 1. The summed E-state index contributed by atoms with van der Waals surface area (Å²) in [6.45, 7) is 1.80. The van der Waals surface area contributed by atoms with E-state index in [9.17, 15) is 22.9 Å². The normalized spacial score (nSPS) is 16.7. The molecule has 1 amide bonds. The lowest BCUT2D eigenvalue weighted by molar-refractivity contribution is 0.0916. The quantitative estimate of drug-likeness (QED) is 0.853. The van der Waals surface area contributed by atoms with Crippen molar-refractivity contribution in [2.45, 2.75) is 43.0 Å². The second kappa shape index (κ2) is 6.64. The number of nitrogens with one attached hydrogen (secondary N) is 2. The van der Waals surface area contributed by atoms with E-state index in [1.165, 1.54) is 0 Å².